The molecule has 0 saturated heterocycles. The van der Waals surface area contributed by atoms with Crippen LogP contribution in [0.4, 0.5) is 0 Å². The first-order valence-electron chi connectivity index (χ1n) is 13.9. The maximum absolute atomic E-state index is 2.46. The Morgan fingerprint density at radius 2 is 0.769 bits per heavy atom. The highest BCUT2D eigenvalue weighted by Crippen LogP contribution is 2.51. The molecule has 0 aliphatic carbocycles. The Morgan fingerprint density at radius 3 is 1.13 bits per heavy atom. The van der Waals surface area contributed by atoms with E-state index in [1.54, 1.807) is 0 Å². The fourth-order valence-electron chi connectivity index (χ4n) is 6.64. The molecule has 5 aromatic rings. The minimum absolute atomic E-state index is 0.193. The lowest BCUT2D eigenvalue weighted by Crippen LogP contribution is -2.56. The van der Waals surface area contributed by atoms with E-state index in [9.17, 15) is 0 Å². The maximum Gasteiger partial charge on any atom is 0.242 e. The van der Waals surface area contributed by atoms with E-state index in [4.69, 9.17) is 0 Å². The van der Waals surface area contributed by atoms with Gasteiger partial charge in [0, 0.05) is 0 Å². The molecule has 0 saturated carbocycles. The third-order valence-corrected chi connectivity index (χ3v) is 12.3. The van der Waals surface area contributed by atoms with Gasteiger partial charge < -0.3 is 0 Å². The smallest absolute Gasteiger partial charge is 0.0683 e. The number of rotatable bonds is 6. The molecular weight excluding hydrogens is 486 g/mol. The lowest BCUT2D eigenvalue weighted by Gasteiger charge is -2.26. The Kier molecular flexibility index (Phi) is 7.66. The van der Waals surface area contributed by atoms with Crippen molar-refractivity contribution in [2.45, 2.75) is 41.5 Å². The zero-order chi connectivity index (χ0) is 27.7. The highest BCUT2D eigenvalue weighted by atomic mass is 31.2. The van der Waals surface area contributed by atoms with Gasteiger partial charge in [0.2, 0.25) is 6.71 Å². The van der Waals surface area contributed by atoms with Crippen molar-refractivity contribution < 1.29 is 0 Å². The molecule has 0 radical (unpaired) electrons. The van der Waals surface area contributed by atoms with Crippen molar-refractivity contribution in [1.82, 2.24) is 0 Å². The molecule has 0 unspecified atom stereocenters. The quantitative estimate of drug-likeness (QED) is 0.189. The van der Waals surface area contributed by atoms with Gasteiger partial charge >= 0.3 is 0 Å². The van der Waals surface area contributed by atoms with Gasteiger partial charge in [0.1, 0.15) is 23.2 Å². The Bertz CT molecular complexity index is 1460. The summed E-state index contributed by atoms with van der Waals surface area (Å²) in [4.78, 5) is 0. The molecule has 0 aromatic heterocycles. The van der Waals surface area contributed by atoms with E-state index in [1.165, 1.54) is 65.7 Å². The second-order valence-corrected chi connectivity index (χ2v) is 14.9. The van der Waals surface area contributed by atoms with E-state index in [0.29, 0.717) is 0 Å². The summed E-state index contributed by atoms with van der Waals surface area (Å²) in [6.45, 7) is 16.2. The van der Waals surface area contributed by atoms with Crippen molar-refractivity contribution in [3.63, 3.8) is 0 Å². The third-order valence-electron chi connectivity index (χ3n) is 8.34. The van der Waals surface area contributed by atoms with Crippen LogP contribution >= 0.6 is 7.26 Å². The second kappa shape index (κ2) is 11.0. The van der Waals surface area contributed by atoms with Crippen molar-refractivity contribution in [3.8, 4) is 0 Å². The van der Waals surface area contributed by atoms with Gasteiger partial charge in [0.15, 0.2) is 0 Å². The summed E-state index contributed by atoms with van der Waals surface area (Å²) >= 11 is 0. The van der Waals surface area contributed by atoms with Crippen LogP contribution in [0.3, 0.4) is 0 Å². The lowest BCUT2D eigenvalue weighted by molar-refractivity contribution is 1.34. The number of hydrogen-bond donors (Lipinski definition) is 0. The molecule has 0 aliphatic heterocycles. The summed E-state index contributed by atoms with van der Waals surface area (Å²) in [6.07, 6.45) is 0. The molecule has 0 fully saturated rings. The molecule has 0 aliphatic rings. The standard InChI is InChI=1S/C37H39BP/c1-26-22-28(3)36(29(4)23-26)38(37-30(5)24-27(2)25-31(37)6)32-18-20-35(21-19-32)39(7,33-14-10-8-11-15-33)34-16-12-9-13-17-34/h8-25H,1-7H3/q+1. The molecule has 0 heterocycles. The summed E-state index contributed by atoms with van der Waals surface area (Å²) in [5.74, 6) is 0. The Morgan fingerprint density at radius 1 is 0.436 bits per heavy atom. The number of hydrogen-bond acceptors (Lipinski definition) is 0. The fourth-order valence-corrected chi connectivity index (χ4v) is 9.81. The molecule has 194 valence electrons. The van der Waals surface area contributed by atoms with Crippen molar-refractivity contribution in [2.24, 2.45) is 0 Å². The van der Waals surface area contributed by atoms with Crippen LogP contribution < -0.4 is 32.3 Å². The highest BCUT2D eigenvalue weighted by molar-refractivity contribution is 7.95. The van der Waals surface area contributed by atoms with Crippen molar-refractivity contribution in [1.29, 1.82) is 0 Å². The summed E-state index contributed by atoms with van der Waals surface area (Å²) in [6, 6.07) is 41.1. The van der Waals surface area contributed by atoms with Gasteiger partial charge in [-0.05, 0) is 77.9 Å². The minimum atomic E-state index is -1.77. The van der Waals surface area contributed by atoms with E-state index < -0.39 is 7.26 Å². The summed E-state index contributed by atoms with van der Waals surface area (Å²) in [5, 5.41) is 4.24. The van der Waals surface area contributed by atoms with Crippen LogP contribution in [0.15, 0.2) is 109 Å². The zero-order valence-corrected chi connectivity index (χ0v) is 25.3. The van der Waals surface area contributed by atoms with Gasteiger partial charge in [0.25, 0.3) is 0 Å². The molecule has 0 atom stereocenters. The van der Waals surface area contributed by atoms with E-state index in [0.717, 1.165) is 0 Å². The molecule has 0 spiro atoms. The molecule has 5 rings (SSSR count). The summed E-state index contributed by atoms with van der Waals surface area (Å²) in [7, 11) is -1.77. The monoisotopic (exact) mass is 525 g/mol. The largest absolute Gasteiger partial charge is 0.242 e. The highest BCUT2D eigenvalue weighted by Gasteiger charge is 2.40. The number of aryl methyl sites for hydroxylation is 6. The maximum atomic E-state index is 2.46. The van der Waals surface area contributed by atoms with E-state index in [1.807, 2.05) is 0 Å². The van der Waals surface area contributed by atoms with Gasteiger partial charge in [0.05, 0.1) is 6.66 Å². The van der Waals surface area contributed by atoms with Crippen LogP contribution in [0, 0.1) is 41.5 Å². The van der Waals surface area contributed by atoms with Crippen LogP contribution in [0.5, 0.6) is 0 Å². The van der Waals surface area contributed by atoms with Crippen LogP contribution in [-0.4, -0.2) is 13.4 Å². The van der Waals surface area contributed by atoms with Gasteiger partial charge in [-0.25, -0.2) is 0 Å². The van der Waals surface area contributed by atoms with Gasteiger partial charge in [-0.1, -0.05) is 123 Å². The summed E-state index contributed by atoms with van der Waals surface area (Å²) in [5.41, 5.74) is 12.4. The molecule has 2 heteroatoms. The third kappa shape index (κ3) is 5.14. The SMILES string of the molecule is Cc1cc(C)c(B(c2ccc([P+](C)(c3ccccc3)c3ccccc3)cc2)c2c(C)cc(C)cc2C)c(C)c1. The molecule has 0 bridgehead atoms. The second-order valence-electron chi connectivity index (χ2n) is 11.3. The first kappa shape index (κ1) is 27.2. The Hall–Kier alpha value is -3.41. The predicted molar refractivity (Wildman–Crippen MR) is 177 cm³/mol. The van der Waals surface area contributed by atoms with Crippen molar-refractivity contribution >= 4 is 46.3 Å². The predicted octanol–water partition coefficient (Wildman–Crippen LogP) is 5.98. The fraction of sp³-hybridized carbons (Fsp3) is 0.189. The van der Waals surface area contributed by atoms with E-state index in [-0.39, 0.29) is 6.71 Å². The molecular formula is C37H39BP+. The van der Waals surface area contributed by atoms with Gasteiger partial charge in [-0.2, -0.15) is 0 Å². The molecule has 0 nitrogen and oxygen atoms in total. The molecule has 5 aromatic carbocycles. The zero-order valence-electron chi connectivity index (χ0n) is 24.4. The average molecular weight is 526 g/mol. The van der Waals surface area contributed by atoms with Gasteiger partial charge in [-0.15, -0.1) is 0 Å². The van der Waals surface area contributed by atoms with Crippen LogP contribution in [0.25, 0.3) is 0 Å². The minimum Gasteiger partial charge on any atom is -0.0683 e. The van der Waals surface area contributed by atoms with Gasteiger partial charge in [-0.3, -0.25) is 0 Å². The van der Waals surface area contributed by atoms with Crippen molar-refractivity contribution in [3.05, 3.63) is 143 Å². The lowest BCUT2D eigenvalue weighted by atomic mass is 9.34. The summed E-state index contributed by atoms with van der Waals surface area (Å²) < 4.78 is 0. The van der Waals surface area contributed by atoms with Crippen molar-refractivity contribution in [2.75, 3.05) is 6.66 Å². The average Bonchev–Trinajstić information content (AvgIpc) is 2.92. The first-order chi connectivity index (χ1) is 18.7. The number of benzene rings is 5. The molecule has 0 N–H and O–H groups in total. The van der Waals surface area contributed by atoms with Crippen LogP contribution in [-0.2, 0) is 0 Å². The van der Waals surface area contributed by atoms with Crippen LogP contribution in [0.1, 0.15) is 33.4 Å². The Labute approximate surface area is 236 Å². The first-order valence-corrected chi connectivity index (χ1v) is 16.2. The molecule has 0 amide bonds. The van der Waals surface area contributed by atoms with E-state index in [2.05, 4.69) is 157 Å². The molecule has 39 heavy (non-hydrogen) atoms. The topological polar surface area (TPSA) is 0 Å². The normalized spacial score (nSPS) is 11.5. The van der Waals surface area contributed by atoms with E-state index >= 15 is 0 Å². The van der Waals surface area contributed by atoms with Crippen LogP contribution in [0.2, 0.25) is 0 Å². The Balaban J connectivity index is 1.71.